The zero-order valence-corrected chi connectivity index (χ0v) is 14.6. The number of carbonyl (C=O) groups is 1. The molecule has 7 heteroatoms. The molecule has 0 atom stereocenters. The maximum absolute atomic E-state index is 13.8. The molecule has 0 aliphatic heterocycles. The zero-order chi connectivity index (χ0) is 19.2. The van der Waals surface area contributed by atoms with E-state index in [1.54, 1.807) is 24.3 Å². The largest absolute Gasteiger partial charge is 0.490 e. The van der Waals surface area contributed by atoms with E-state index in [9.17, 15) is 13.6 Å². The maximum Gasteiger partial charge on any atom is 0.311 e. The molecule has 2 aromatic carbocycles. The van der Waals surface area contributed by atoms with Crippen molar-refractivity contribution in [1.82, 2.24) is 4.98 Å². The number of oxazole rings is 1. The Kier molecular flexibility index (Phi) is 5.80. The molecule has 0 bridgehead atoms. The van der Waals surface area contributed by atoms with E-state index in [1.165, 1.54) is 12.3 Å². The van der Waals surface area contributed by atoms with Gasteiger partial charge in [-0.3, -0.25) is 4.79 Å². The van der Waals surface area contributed by atoms with Crippen LogP contribution in [0, 0.1) is 11.6 Å². The second-order valence-corrected chi connectivity index (χ2v) is 5.60. The Morgan fingerprint density at radius 2 is 1.93 bits per heavy atom. The van der Waals surface area contributed by atoms with E-state index >= 15 is 0 Å². The third-order valence-electron chi connectivity index (χ3n) is 3.67. The van der Waals surface area contributed by atoms with Crippen LogP contribution < -0.4 is 9.47 Å². The summed E-state index contributed by atoms with van der Waals surface area (Å²) in [5.41, 5.74) is 0.100. The quantitative estimate of drug-likeness (QED) is 0.449. The van der Waals surface area contributed by atoms with Crippen LogP contribution in [0.1, 0.15) is 19.2 Å². The number of hydrogen-bond donors (Lipinski definition) is 0. The first-order valence-electron chi connectivity index (χ1n) is 8.39. The molecule has 1 heterocycles. The summed E-state index contributed by atoms with van der Waals surface area (Å²) in [5.74, 6) is -0.656. The van der Waals surface area contributed by atoms with Crippen LogP contribution in [-0.4, -0.2) is 17.6 Å². The molecule has 0 radical (unpaired) electrons. The van der Waals surface area contributed by atoms with Crippen LogP contribution in [0.15, 0.2) is 53.1 Å². The maximum atomic E-state index is 13.8. The molecule has 140 valence electrons. The highest BCUT2D eigenvalue weighted by molar-refractivity contribution is 5.73. The van der Waals surface area contributed by atoms with Crippen molar-refractivity contribution in [3.05, 3.63) is 66.2 Å². The average Bonchev–Trinajstić information content (AvgIpc) is 3.10. The van der Waals surface area contributed by atoms with E-state index in [0.29, 0.717) is 18.1 Å². The summed E-state index contributed by atoms with van der Waals surface area (Å²) in [4.78, 5) is 16.1. The lowest BCUT2D eigenvalue weighted by Gasteiger charge is -2.09. The van der Waals surface area contributed by atoms with E-state index < -0.39 is 17.6 Å². The van der Waals surface area contributed by atoms with Crippen LogP contribution >= 0.6 is 0 Å². The van der Waals surface area contributed by atoms with E-state index in [2.05, 4.69) is 4.98 Å². The van der Waals surface area contributed by atoms with Crippen molar-refractivity contribution < 1.29 is 27.5 Å². The lowest BCUT2D eigenvalue weighted by Crippen LogP contribution is -2.10. The van der Waals surface area contributed by atoms with E-state index in [1.807, 2.05) is 6.92 Å². The molecular weight excluding hydrogens is 356 g/mol. The lowest BCUT2D eigenvalue weighted by molar-refractivity contribution is -0.134. The van der Waals surface area contributed by atoms with Crippen molar-refractivity contribution in [3.63, 3.8) is 0 Å². The molecule has 0 amide bonds. The van der Waals surface area contributed by atoms with E-state index in [-0.39, 0.29) is 30.1 Å². The molecule has 3 aromatic rings. The van der Waals surface area contributed by atoms with Gasteiger partial charge in [0.25, 0.3) is 0 Å². The van der Waals surface area contributed by atoms with Crippen LogP contribution in [0.2, 0.25) is 0 Å². The van der Waals surface area contributed by atoms with Gasteiger partial charge < -0.3 is 13.9 Å². The van der Waals surface area contributed by atoms with Crippen molar-refractivity contribution >= 4 is 5.97 Å². The molecule has 1 aromatic heterocycles. The monoisotopic (exact) mass is 373 g/mol. The van der Waals surface area contributed by atoms with Crippen LogP contribution in [0.3, 0.4) is 0 Å². The second kappa shape index (κ2) is 8.44. The first-order valence-corrected chi connectivity index (χ1v) is 8.39. The molecule has 0 saturated heterocycles. The fraction of sp³-hybridized carbons (Fsp3) is 0.200. The molecule has 0 saturated carbocycles. The Balaban J connectivity index is 1.61. The Bertz CT molecular complexity index is 939. The van der Waals surface area contributed by atoms with Crippen LogP contribution in [0.5, 0.6) is 11.5 Å². The SMILES string of the molecule is CCOc1ccccc1OC(=O)CCc1ncc(-c2ccc(F)cc2F)o1. The highest BCUT2D eigenvalue weighted by atomic mass is 19.1. The molecule has 0 fully saturated rings. The van der Waals surface area contributed by atoms with Gasteiger partial charge in [-0.05, 0) is 31.2 Å². The fourth-order valence-corrected chi connectivity index (χ4v) is 2.43. The number of para-hydroxylation sites is 2. The smallest absolute Gasteiger partial charge is 0.311 e. The third kappa shape index (κ3) is 4.69. The van der Waals surface area contributed by atoms with Crippen molar-refractivity contribution in [1.29, 1.82) is 0 Å². The highest BCUT2D eigenvalue weighted by Crippen LogP contribution is 2.27. The van der Waals surface area contributed by atoms with Gasteiger partial charge in [-0.25, -0.2) is 13.8 Å². The summed E-state index contributed by atoms with van der Waals surface area (Å²) < 4.78 is 42.9. The van der Waals surface area contributed by atoms with Gasteiger partial charge in [0.2, 0.25) is 0 Å². The number of ether oxygens (including phenoxy) is 2. The lowest BCUT2D eigenvalue weighted by atomic mass is 10.2. The summed E-state index contributed by atoms with van der Waals surface area (Å²) in [5, 5.41) is 0. The summed E-state index contributed by atoms with van der Waals surface area (Å²) in [6, 6.07) is 10.0. The molecule has 0 aliphatic carbocycles. The van der Waals surface area contributed by atoms with Crippen molar-refractivity contribution in [2.45, 2.75) is 19.8 Å². The molecule has 3 rings (SSSR count). The van der Waals surface area contributed by atoms with Gasteiger partial charge in [-0.15, -0.1) is 0 Å². The number of halogens is 2. The number of aryl methyl sites for hydroxylation is 1. The van der Waals surface area contributed by atoms with E-state index in [0.717, 1.165) is 12.1 Å². The molecule has 27 heavy (non-hydrogen) atoms. The number of nitrogens with zero attached hydrogens (tertiary/aromatic N) is 1. The minimum Gasteiger partial charge on any atom is -0.490 e. The Labute approximate surface area is 154 Å². The topological polar surface area (TPSA) is 61.6 Å². The summed E-state index contributed by atoms with van der Waals surface area (Å²) in [6.45, 7) is 2.29. The molecule has 0 N–H and O–H groups in total. The first kappa shape index (κ1) is 18.6. The Morgan fingerprint density at radius 1 is 1.15 bits per heavy atom. The van der Waals surface area contributed by atoms with E-state index in [4.69, 9.17) is 13.9 Å². The predicted molar refractivity (Wildman–Crippen MR) is 93.4 cm³/mol. The van der Waals surface area contributed by atoms with Gasteiger partial charge in [0, 0.05) is 12.5 Å². The van der Waals surface area contributed by atoms with Gasteiger partial charge in [-0.1, -0.05) is 12.1 Å². The molecular formula is C20H17F2NO4. The summed E-state index contributed by atoms with van der Waals surface area (Å²) in [7, 11) is 0. The minimum absolute atomic E-state index is 0.0202. The van der Waals surface area contributed by atoms with Gasteiger partial charge >= 0.3 is 5.97 Å². The summed E-state index contributed by atoms with van der Waals surface area (Å²) in [6.07, 6.45) is 1.53. The zero-order valence-electron chi connectivity index (χ0n) is 14.6. The van der Waals surface area contributed by atoms with Gasteiger partial charge in [0.05, 0.1) is 24.8 Å². The first-order chi connectivity index (χ1) is 13.1. The van der Waals surface area contributed by atoms with Crippen LogP contribution in [0.25, 0.3) is 11.3 Å². The van der Waals surface area contributed by atoms with Gasteiger partial charge in [0.1, 0.15) is 11.6 Å². The number of hydrogen-bond acceptors (Lipinski definition) is 5. The summed E-state index contributed by atoms with van der Waals surface area (Å²) >= 11 is 0. The second-order valence-electron chi connectivity index (χ2n) is 5.60. The fourth-order valence-electron chi connectivity index (χ4n) is 2.43. The molecule has 0 spiro atoms. The Morgan fingerprint density at radius 3 is 2.67 bits per heavy atom. The average molecular weight is 373 g/mol. The number of esters is 1. The number of carbonyl (C=O) groups excluding carboxylic acids is 1. The van der Waals surface area contributed by atoms with Crippen molar-refractivity contribution in [2.75, 3.05) is 6.61 Å². The van der Waals surface area contributed by atoms with Crippen LogP contribution in [-0.2, 0) is 11.2 Å². The van der Waals surface area contributed by atoms with Gasteiger partial charge in [-0.2, -0.15) is 0 Å². The molecule has 0 unspecified atom stereocenters. The minimum atomic E-state index is -0.746. The number of benzene rings is 2. The Hall–Kier alpha value is -3.22. The normalized spacial score (nSPS) is 10.6. The van der Waals surface area contributed by atoms with Crippen LogP contribution in [0.4, 0.5) is 8.78 Å². The standard InChI is InChI=1S/C20H17F2NO4/c1-2-25-16-5-3-4-6-17(16)27-20(24)10-9-19-23-12-18(26-19)14-8-7-13(21)11-15(14)22/h3-8,11-12H,2,9-10H2,1H3. The molecule has 0 aliphatic rings. The molecule has 5 nitrogen and oxygen atoms in total. The van der Waals surface area contributed by atoms with Crippen molar-refractivity contribution in [3.8, 4) is 22.8 Å². The highest BCUT2D eigenvalue weighted by Gasteiger charge is 2.14. The van der Waals surface area contributed by atoms with Crippen molar-refractivity contribution in [2.24, 2.45) is 0 Å². The third-order valence-corrected chi connectivity index (χ3v) is 3.67. The number of rotatable bonds is 7. The number of aromatic nitrogens is 1. The predicted octanol–water partition coefficient (Wildman–Crippen LogP) is 4.56. The van der Waals surface area contributed by atoms with Gasteiger partial charge in [0.15, 0.2) is 23.1 Å².